The van der Waals surface area contributed by atoms with Gasteiger partial charge in [0.1, 0.15) is 10.6 Å². The number of halogens is 3. The SMILES string of the molecule is O=C(CCOc1cccc(C(F)(F)F)c1)NC1CCN(S(=O)(=O)c2cccnc2)CC1. The summed E-state index contributed by atoms with van der Waals surface area (Å²) in [5.74, 6) is -0.267. The Hall–Kier alpha value is -2.66. The van der Waals surface area contributed by atoms with Crippen LogP contribution in [0.1, 0.15) is 24.8 Å². The molecule has 11 heteroatoms. The van der Waals surface area contributed by atoms with Crippen LogP contribution < -0.4 is 10.1 Å². The predicted octanol–water partition coefficient (Wildman–Crippen LogP) is 2.84. The summed E-state index contributed by atoms with van der Waals surface area (Å²) in [7, 11) is -3.61. The number of carbonyl (C=O) groups excluding carboxylic acids is 1. The molecule has 0 unspecified atom stereocenters. The molecule has 1 aliphatic rings. The first-order valence-electron chi connectivity index (χ1n) is 9.66. The molecule has 0 spiro atoms. The summed E-state index contributed by atoms with van der Waals surface area (Å²) in [6.07, 6.45) is -0.773. The van der Waals surface area contributed by atoms with Crippen molar-refractivity contribution in [1.82, 2.24) is 14.6 Å². The van der Waals surface area contributed by atoms with Gasteiger partial charge in [-0.3, -0.25) is 9.78 Å². The van der Waals surface area contributed by atoms with E-state index in [2.05, 4.69) is 10.3 Å². The molecule has 168 valence electrons. The third kappa shape index (κ3) is 6.17. The van der Waals surface area contributed by atoms with Crippen molar-refractivity contribution in [3.05, 3.63) is 54.4 Å². The number of alkyl halides is 3. The van der Waals surface area contributed by atoms with Crippen molar-refractivity contribution in [2.75, 3.05) is 19.7 Å². The summed E-state index contributed by atoms with van der Waals surface area (Å²) in [4.78, 5) is 16.1. The number of carbonyl (C=O) groups is 1. The molecule has 0 aliphatic carbocycles. The van der Waals surface area contributed by atoms with Crippen LogP contribution in [-0.2, 0) is 21.0 Å². The first-order valence-corrected chi connectivity index (χ1v) is 11.1. The molecule has 31 heavy (non-hydrogen) atoms. The molecule has 1 saturated heterocycles. The lowest BCUT2D eigenvalue weighted by molar-refractivity contribution is -0.137. The summed E-state index contributed by atoms with van der Waals surface area (Å²) in [5, 5.41) is 2.82. The fraction of sp³-hybridized carbons (Fsp3) is 0.400. The first-order chi connectivity index (χ1) is 14.7. The molecule has 0 atom stereocenters. The highest BCUT2D eigenvalue weighted by Gasteiger charge is 2.31. The van der Waals surface area contributed by atoms with Gasteiger partial charge in [0, 0.05) is 31.5 Å². The maximum Gasteiger partial charge on any atom is 0.416 e. The normalized spacial score (nSPS) is 16.1. The van der Waals surface area contributed by atoms with Crippen LogP contribution >= 0.6 is 0 Å². The van der Waals surface area contributed by atoms with E-state index in [-0.39, 0.29) is 48.7 Å². The molecule has 1 aliphatic heterocycles. The van der Waals surface area contributed by atoms with Crippen LogP contribution in [0.4, 0.5) is 13.2 Å². The average Bonchev–Trinajstić information content (AvgIpc) is 2.74. The second kappa shape index (κ2) is 9.65. The highest BCUT2D eigenvalue weighted by atomic mass is 32.2. The third-order valence-corrected chi connectivity index (χ3v) is 6.73. The zero-order valence-corrected chi connectivity index (χ0v) is 17.3. The van der Waals surface area contributed by atoms with Gasteiger partial charge in [0.2, 0.25) is 15.9 Å². The average molecular weight is 457 g/mol. The van der Waals surface area contributed by atoms with Crippen LogP contribution in [0, 0.1) is 0 Å². The minimum Gasteiger partial charge on any atom is -0.493 e. The highest BCUT2D eigenvalue weighted by Crippen LogP contribution is 2.31. The van der Waals surface area contributed by atoms with Crippen molar-refractivity contribution in [3.8, 4) is 5.75 Å². The second-order valence-electron chi connectivity index (χ2n) is 7.06. The van der Waals surface area contributed by atoms with Crippen molar-refractivity contribution in [3.63, 3.8) is 0 Å². The molecule has 1 N–H and O–H groups in total. The number of amides is 1. The smallest absolute Gasteiger partial charge is 0.416 e. The Morgan fingerprint density at radius 2 is 1.94 bits per heavy atom. The van der Waals surface area contributed by atoms with Crippen LogP contribution in [-0.4, -0.2) is 49.4 Å². The molecular weight excluding hydrogens is 435 g/mol. The van der Waals surface area contributed by atoms with Crippen LogP contribution in [0.15, 0.2) is 53.7 Å². The molecule has 0 saturated carbocycles. The number of ether oxygens (including phenoxy) is 1. The van der Waals surface area contributed by atoms with Gasteiger partial charge in [0.15, 0.2) is 0 Å². The van der Waals surface area contributed by atoms with Crippen molar-refractivity contribution < 1.29 is 31.1 Å². The minimum absolute atomic E-state index is 0.0234. The zero-order chi connectivity index (χ0) is 22.5. The molecule has 0 radical (unpaired) electrons. The summed E-state index contributed by atoms with van der Waals surface area (Å²) >= 11 is 0. The molecule has 2 heterocycles. The number of piperidine rings is 1. The van der Waals surface area contributed by atoms with E-state index in [9.17, 15) is 26.4 Å². The predicted molar refractivity (Wildman–Crippen MR) is 106 cm³/mol. The Balaban J connectivity index is 1.42. The Kier molecular flexibility index (Phi) is 7.16. The lowest BCUT2D eigenvalue weighted by Crippen LogP contribution is -2.46. The summed E-state index contributed by atoms with van der Waals surface area (Å²) < 4.78 is 69.9. The lowest BCUT2D eigenvalue weighted by atomic mass is 10.1. The van der Waals surface area contributed by atoms with E-state index >= 15 is 0 Å². The number of nitrogens with one attached hydrogen (secondary N) is 1. The zero-order valence-electron chi connectivity index (χ0n) is 16.5. The highest BCUT2D eigenvalue weighted by molar-refractivity contribution is 7.89. The molecule has 1 aromatic heterocycles. The van der Waals surface area contributed by atoms with Crippen molar-refractivity contribution >= 4 is 15.9 Å². The molecule has 0 bridgehead atoms. The standard InChI is InChI=1S/C20H22F3N3O4S/c21-20(22,23)15-3-1-4-17(13-15)30-12-8-19(27)25-16-6-10-26(11-7-16)31(28,29)18-5-2-9-24-14-18/h1-5,9,13-14,16H,6-8,10-12H2,(H,25,27). The van der Waals surface area contributed by atoms with Gasteiger partial charge in [-0.1, -0.05) is 6.07 Å². The fourth-order valence-corrected chi connectivity index (χ4v) is 4.65. The van der Waals surface area contributed by atoms with Crippen LogP contribution in [0.3, 0.4) is 0 Å². The van der Waals surface area contributed by atoms with E-state index in [0.29, 0.717) is 12.8 Å². The van der Waals surface area contributed by atoms with Gasteiger partial charge >= 0.3 is 6.18 Å². The lowest BCUT2D eigenvalue weighted by Gasteiger charge is -2.31. The molecular formula is C20H22F3N3O4S. The fourth-order valence-electron chi connectivity index (χ4n) is 3.21. The molecule has 7 nitrogen and oxygen atoms in total. The summed E-state index contributed by atoms with van der Waals surface area (Å²) in [6.45, 7) is 0.465. The summed E-state index contributed by atoms with van der Waals surface area (Å²) in [5.41, 5.74) is -0.817. The quantitative estimate of drug-likeness (QED) is 0.691. The van der Waals surface area contributed by atoms with Gasteiger partial charge in [-0.05, 0) is 43.2 Å². The van der Waals surface area contributed by atoms with Crippen molar-refractivity contribution in [2.24, 2.45) is 0 Å². The molecule has 1 amide bonds. The van der Waals surface area contributed by atoms with E-state index < -0.39 is 21.8 Å². The second-order valence-corrected chi connectivity index (χ2v) is 9.00. The number of aromatic nitrogens is 1. The van der Waals surface area contributed by atoms with Gasteiger partial charge in [-0.2, -0.15) is 17.5 Å². The molecule has 3 rings (SSSR count). The van der Waals surface area contributed by atoms with Gasteiger partial charge < -0.3 is 10.1 Å². The van der Waals surface area contributed by atoms with Crippen LogP contribution in [0.2, 0.25) is 0 Å². The maximum absolute atomic E-state index is 12.7. The van der Waals surface area contributed by atoms with Gasteiger partial charge in [-0.25, -0.2) is 8.42 Å². The number of sulfonamides is 1. The number of pyridine rings is 1. The van der Waals surface area contributed by atoms with E-state index in [1.807, 2.05) is 0 Å². The van der Waals surface area contributed by atoms with Crippen molar-refractivity contribution in [1.29, 1.82) is 0 Å². The van der Waals surface area contributed by atoms with Crippen LogP contribution in [0.25, 0.3) is 0 Å². The third-order valence-electron chi connectivity index (χ3n) is 4.85. The Labute approximate surface area is 178 Å². The van der Waals surface area contributed by atoms with E-state index in [1.54, 1.807) is 6.07 Å². The van der Waals surface area contributed by atoms with Crippen LogP contribution in [0.5, 0.6) is 5.75 Å². The first kappa shape index (κ1) is 23.0. The van der Waals surface area contributed by atoms with E-state index in [0.717, 1.165) is 12.1 Å². The van der Waals surface area contributed by atoms with Crippen molar-refractivity contribution in [2.45, 2.75) is 36.4 Å². The minimum atomic E-state index is -4.46. The topological polar surface area (TPSA) is 88.6 Å². The van der Waals surface area contributed by atoms with E-state index in [4.69, 9.17) is 4.74 Å². The Morgan fingerprint density at radius 3 is 2.58 bits per heavy atom. The van der Waals surface area contributed by atoms with Gasteiger partial charge in [0.25, 0.3) is 0 Å². The number of hydrogen-bond donors (Lipinski definition) is 1. The largest absolute Gasteiger partial charge is 0.493 e. The molecule has 1 fully saturated rings. The molecule has 1 aromatic carbocycles. The maximum atomic E-state index is 12.7. The molecule has 2 aromatic rings. The number of hydrogen-bond acceptors (Lipinski definition) is 5. The van der Waals surface area contributed by atoms with Gasteiger partial charge in [0.05, 0.1) is 18.6 Å². The Bertz CT molecular complexity index is 992. The van der Waals surface area contributed by atoms with E-state index in [1.165, 1.54) is 34.9 Å². The monoisotopic (exact) mass is 457 g/mol. The Morgan fingerprint density at radius 1 is 1.19 bits per heavy atom. The van der Waals surface area contributed by atoms with Gasteiger partial charge in [-0.15, -0.1) is 0 Å². The number of rotatable bonds is 7. The summed E-state index contributed by atoms with van der Waals surface area (Å²) in [6, 6.07) is 7.33. The number of benzene rings is 1. The number of nitrogens with zero attached hydrogens (tertiary/aromatic N) is 2.